The Morgan fingerprint density at radius 2 is 1.82 bits per heavy atom. The Hall–Kier alpha value is -2.44. The fourth-order valence-electron chi connectivity index (χ4n) is 3.58. The van der Waals surface area contributed by atoms with Crippen LogP contribution in [0.25, 0.3) is 6.08 Å². The van der Waals surface area contributed by atoms with E-state index in [0.717, 1.165) is 22.2 Å². The van der Waals surface area contributed by atoms with Crippen LogP contribution in [0.15, 0.2) is 53.4 Å². The van der Waals surface area contributed by atoms with Gasteiger partial charge in [0.15, 0.2) is 18.1 Å². The molecule has 12 heteroatoms. The number of rotatable bonds is 8. The average Bonchev–Trinajstić information content (AvgIpc) is 3.14. The molecule has 1 heterocycles. The second kappa shape index (κ2) is 12.8. The summed E-state index contributed by atoms with van der Waals surface area (Å²) in [6.45, 7) is 1.69. The van der Waals surface area contributed by atoms with Crippen LogP contribution in [0.5, 0.6) is 11.5 Å². The van der Waals surface area contributed by atoms with Crippen LogP contribution < -0.4 is 14.8 Å². The van der Waals surface area contributed by atoms with E-state index in [1.165, 1.54) is 7.11 Å². The van der Waals surface area contributed by atoms with E-state index in [2.05, 4.69) is 27.9 Å². The van der Waals surface area contributed by atoms with Crippen LogP contribution in [-0.2, 0) is 16.1 Å². The standard InChI is InChI=1S/C27H20Cl3IN2O5S/c1-14-3-5-17(11-19(14)29)32-24(34)13-38-25-21(31)8-16(9-22(25)37-2)10-23-26(35)33(27(36)39-23)12-15-4-6-18(28)20(30)7-15/h3-11H,12-13H2,1-2H3,(H,32,34)/b23-10-. The number of anilines is 1. The lowest BCUT2D eigenvalue weighted by Crippen LogP contribution is -2.27. The number of benzene rings is 3. The SMILES string of the molecule is COc1cc(/C=C2\SC(=O)N(Cc3ccc(Cl)c(Cl)c3)C2=O)cc(I)c1OCC(=O)Nc1ccc(C)c(Cl)c1. The normalized spacial score (nSPS) is 14.2. The number of thioether (sulfide) groups is 1. The number of halogens is 4. The van der Waals surface area contributed by atoms with Gasteiger partial charge in [-0.2, -0.15) is 0 Å². The summed E-state index contributed by atoms with van der Waals surface area (Å²) >= 11 is 21.0. The summed E-state index contributed by atoms with van der Waals surface area (Å²) in [6.07, 6.45) is 1.61. The number of imide groups is 1. The Bertz CT molecular complexity index is 1510. The third-order valence-corrected chi connectivity index (χ3v) is 8.41. The number of methoxy groups -OCH3 is 1. The highest BCUT2D eigenvalue weighted by molar-refractivity contribution is 14.1. The molecule has 39 heavy (non-hydrogen) atoms. The van der Waals surface area contributed by atoms with E-state index in [0.29, 0.717) is 47.0 Å². The minimum atomic E-state index is -0.418. The maximum atomic E-state index is 13.0. The number of hydrogen-bond acceptors (Lipinski definition) is 6. The first kappa shape index (κ1) is 29.5. The van der Waals surface area contributed by atoms with Crippen LogP contribution in [0.4, 0.5) is 10.5 Å². The van der Waals surface area contributed by atoms with Crippen molar-refractivity contribution in [3.05, 3.63) is 88.8 Å². The van der Waals surface area contributed by atoms with Gasteiger partial charge >= 0.3 is 0 Å². The lowest BCUT2D eigenvalue weighted by molar-refractivity contribution is -0.123. The fourth-order valence-corrected chi connectivity index (χ4v) is 5.70. The van der Waals surface area contributed by atoms with Crippen LogP contribution >= 0.6 is 69.2 Å². The lowest BCUT2D eigenvalue weighted by Gasteiger charge is -2.14. The maximum absolute atomic E-state index is 13.0. The number of hydrogen-bond donors (Lipinski definition) is 1. The van der Waals surface area contributed by atoms with Gasteiger partial charge in [-0.1, -0.05) is 46.9 Å². The maximum Gasteiger partial charge on any atom is 0.293 e. The molecular weight excluding hydrogens is 698 g/mol. The fraction of sp³-hybridized carbons (Fsp3) is 0.148. The summed E-state index contributed by atoms with van der Waals surface area (Å²) in [5.41, 5.74) is 2.77. The first-order chi connectivity index (χ1) is 18.5. The second-order valence-electron chi connectivity index (χ2n) is 8.35. The molecule has 4 rings (SSSR count). The van der Waals surface area contributed by atoms with Crippen LogP contribution in [0.3, 0.4) is 0 Å². The van der Waals surface area contributed by atoms with Crippen molar-refractivity contribution >= 4 is 98.0 Å². The van der Waals surface area contributed by atoms with Crippen molar-refractivity contribution in [2.45, 2.75) is 13.5 Å². The molecule has 0 saturated carbocycles. The van der Waals surface area contributed by atoms with Gasteiger partial charge < -0.3 is 14.8 Å². The van der Waals surface area contributed by atoms with E-state index in [4.69, 9.17) is 44.3 Å². The van der Waals surface area contributed by atoms with Crippen molar-refractivity contribution < 1.29 is 23.9 Å². The average molecular weight is 718 g/mol. The van der Waals surface area contributed by atoms with Gasteiger partial charge in [0.05, 0.1) is 32.2 Å². The highest BCUT2D eigenvalue weighted by Gasteiger charge is 2.35. The zero-order valence-electron chi connectivity index (χ0n) is 20.5. The van der Waals surface area contributed by atoms with Crippen molar-refractivity contribution in [1.82, 2.24) is 4.90 Å². The van der Waals surface area contributed by atoms with Gasteiger partial charge in [-0.05, 0) is 100 Å². The Morgan fingerprint density at radius 1 is 1.05 bits per heavy atom. The summed E-state index contributed by atoms with van der Waals surface area (Å²) in [6, 6.07) is 13.6. The molecule has 0 spiro atoms. The van der Waals surface area contributed by atoms with Crippen LogP contribution in [0.2, 0.25) is 15.1 Å². The zero-order valence-corrected chi connectivity index (χ0v) is 25.8. The number of carbonyl (C=O) groups excluding carboxylic acids is 3. The van der Waals surface area contributed by atoms with E-state index in [9.17, 15) is 14.4 Å². The van der Waals surface area contributed by atoms with Crippen molar-refractivity contribution in [3.8, 4) is 11.5 Å². The molecule has 1 N–H and O–H groups in total. The van der Waals surface area contributed by atoms with Gasteiger partial charge in [0.1, 0.15) is 0 Å². The van der Waals surface area contributed by atoms with Crippen molar-refractivity contribution in [2.75, 3.05) is 19.0 Å². The van der Waals surface area contributed by atoms with Gasteiger partial charge in [0.2, 0.25) is 0 Å². The predicted octanol–water partition coefficient (Wildman–Crippen LogP) is 7.82. The second-order valence-corrected chi connectivity index (χ2v) is 11.7. The Kier molecular flexibility index (Phi) is 9.71. The van der Waals surface area contributed by atoms with E-state index >= 15 is 0 Å². The summed E-state index contributed by atoms with van der Waals surface area (Å²) < 4.78 is 11.9. The van der Waals surface area contributed by atoms with Gasteiger partial charge in [-0.3, -0.25) is 19.3 Å². The summed E-state index contributed by atoms with van der Waals surface area (Å²) in [4.78, 5) is 39.4. The molecule has 3 amide bonds. The predicted molar refractivity (Wildman–Crippen MR) is 164 cm³/mol. The van der Waals surface area contributed by atoms with E-state index in [-0.39, 0.29) is 29.2 Å². The molecule has 7 nitrogen and oxygen atoms in total. The largest absolute Gasteiger partial charge is 0.493 e. The molecule has 0 aromatic heterocycles. The number of aryl methyl sites for hydroxylation is 1. The minimum absolute atomic E-state index is 0.0728. The van der Waals surface area contributed by atoms with Crippen molar-refractivity contribution in [3.63, 3.8) is 0 Å². The molecule has 0 atom stereocenters. The molecule has 1 fully saturated rings. The third-order valence-electron chi connectivity index (χ3n) is 5.55. The third kappa shape index (κ3) is 7.20. The van der Waals surface area contributed by atoms with Crippen LogP contribution in [0, 0.1) is 10.5 Å². The zero-order chi connectivity index (χ0) is 28.3. The summed E-state index contributed by atoms with van der Waals surface area (Å²) in [5, 5.41) is 3.64. The topological polar surface area (TPSA) is 84.9 Å². The van der Waals surface area contributed by atoms with Gasteiger partial charge in [0.25, 0.3) is 17.1 Å². The first-order valence-electron chi connectivity index (χ1n) is 11.3. The highest BCUT2D eigenvalue weighted by Crippen LogP contribution is 2.38. The Labute approximate surface area is 257 Å². The molecule has 0 bridgehead atoms. The molecule has 3 aromatic rings. The molecule has 1 aliphatic heterocycles. The molecule has 1 saturated heterocycles. The smallest absolute Gasteiger partial charge is 0.293 e. The van der Waals surface area contributed by atoms with Gasteiger partial charge in [-0.25, -0.2) is 0 Å². The molecule has 0 radical (unpaired) electrons. The van der Waals surface area contributed by atoms with Crippen molar-refractivity contribution in [1.29, 1.82) is 0 Å². The number of nitrogens with one attached hydrogen (secondary N) is 1. The van der Waals surface area contributed by atoms with Crippen LogP contribution in [0.1, 0.15) is 16.7 Å². The number of nitrogens with zero attached hydrogens (tertiary/aromatic N) is 1. The Morgan fingerprint density at radius 3 is 2.51 bits per heavy atom. The number of ether oxygens (including phenoxy) is 2. The number of carbonyl (C=O) groups is 3. The molecular formula is C27H20Cl3IN2O5S. The quantitative estimate of drug-likeness (QED) is 0.189. The molecule has 202 valence electrons. The minimum Gasteiger partial charge on any atom is -0.493 e. The molecule has 1 aliphatic rings. The van der Waals surface area contributed by atoms with E-state index < -0.39 is 5.91 Å². The summed E-state index contributed by atoms with van der Waals surface area (Å²) in [5.74, 6) is -0.0415. The summed E-state index contributed by atoms with van der Waals surface area (Å²) in [7, 11) is 1.47. The van der Waals surface area contributed by atoms with E-state index in [1.807, 2.05) is 13.0 Å². The monoisotopic (exact) mass is 716 g/mol. The van der Waals surface area contributed by atoms with Crippen molar-refractivity contribution in [2.24, 2.45) is 0 Å². The Balaban J connectivity index is 1.46. The van der Waals surface area contributed by atoms with E-state index in [1.54, 1.807) is 48.5 Å². The van der Waals surface area contributed by atoms with Crippen LogP contribution in [-0.4, -0.2) is 35.7 Å². The van der Waals surface area contributed by atoms with Gasteiger partial charge in [0, 0.05) is 10.7 Å². The number of amides is 3. The van der Waals surface area contributed by atoms with Gasteiger partial charge in [-0.15, -0.1) is 0 Å². The molecule has 3 aromatic carbocycles. The lowest BCUT2D eigenvalue weighted by atomic mass is 10.1. The first-order valence-corrected chi connectivity index (χ1v) is 14.3. The molecule has 0 aliphatic carbocycles. The highest BCUT2D eigenvalue weighted by atomic mass is 127. The molecule has 0 unspecified atom stereocenters.